The highest BCUT2D eigenvalue weighted by atomic mass is 16.6. The van der Waals surface area contributed by atoms with Gasteiger partial charge in [0.05, 0.1) is 6.04 Å². The van der Waals surface area contributed by atoms with E-state index in [-0.39, 0.29) is 24.5 Å². The molecule has 2 rings (SSSR count). The van der Waals surface area contributed by atoms with Crippen molar-refractivity contribution in [3.05, 3.63) is 0 Å². The van der Waals surface area contributed by atoms with E-state index < -0.39 is 24.7 Å². The quantitative estimate of drug-likeness (QED) is 0.695. The summed E-state index contributed by atoms with van der Waals surface area (Å²) >= 11 is 0. The zero-order valence-electron chi connectivity index (χ0n) is 13.6. The number of hydrogen-bond acceptors (Lipinski definition) is 6. The van der Waals surface area contributed by atoms with Gasteiger partial charge in [-0.15, -0.1) is 0 Å². The van der Waals surface area contributed by atoms with E-state index in [1.54, 1.807) is 11.8 Å². The van der Waals surface area contributed by atoms with Crippen LogP contribution in [0, 0.1) is 5.92 Å². The Morgan fingerprint density at radius 3 is 2.77 bits per heavy atom. The predicted octanol–water partition coefficient (Wildman–Crippen LogP) is -0.260. The van der Waals surface area contributed by atoms with Crippen LogP contribution in [0.4, 0.5) is 0 Å². The van der Waals surface area contributed by atoms with Gasteiger partial charge in [-0.1, -0.05) is 6.42 Å². The number of carbonyl (C=O) groups is 2. The molecule has 0 bridgehead atoms. The fourth-order valence-corrected chi connectivity index (χ4v) is 3.19. The van der Waals surface area contributed by atoms with E-state index in [4.69, 9.17) is 20.8 Å². The molecule has 0 aromatic heterocycles. The first kappa shape index (κ1) is 17.2. The normalized spacial score (nSPS) is 30.6. The first-order chi connectivity index (χ1) is 10.2. The Morgan fingerprint density at radius 2 is 2.18 bits per heavy atom. The maximum Gasteiger partial charge on any atom is 0.527 e. The summed E-state index contributed by atoms with van der Waals surface area (Å²) in [5, 5.41) is 0. The van der Waals surface area contributed by atoms with E-state index in [9.17, 15) is 9.59 Å². The smallest absolute Gasteiger partial charge is 0.508 e. The van der Waals surface area contributed by atoms with Crippen molar-refractivity contribution in [2.24, 2.45) is 17.4 Å². The highest BCUT2D eigenvalue weighted by Crippen LogP contribution is 2.34. The number of nitrogens with zero attached hydrogens (tertiary/aromatic N) is 1. The average molecular weight is 311 g/mol. The van der Waals surface area contributed by atoms with Crippen LogP contribution in [0.1, 0.15) is 33.6 Å². The van der Waals surface area contributed by atoms with Crippen LogP contribution in [0.25, 0.3) is 0 Å². The molecule has 3 unspecified atom stereocenters. The van der Waals surface area contributed by atoms with Gasteiger partial charge in [-0.25, -0.2) is 0 Å². The molecule has 0 aliphatic carbocycles. The second-order valence-electron chi connectivity index (χ2n) is 6.70. The average Bonchev–Trinajstić information content (AvgIpc) is 2.74. The van der Waals surface area contributed by atoms with Crippen molar-refractivity contribution < 1.29 is 18.9 Å². The number of nitrogens with two attached hydrogens (primary N) is 2. The van der Waals surface area contributed by atoms with Gasteiger partial charge in [0.15, 0.2) is 0 Å². The van der Waals surface area contributed by atoms with Crippen LogP contribution >= 0.6 is 0 Å². The Hall–Kier alpha value is -1.12. The molecule has 0 radical (unpaired) electrons. The zero-order valence-corrected chi connectivity index (χ0v) is 13.6. The third-order valence-corrected chi connectivity index (χ3v) is 4.36. The van der Waals surface area contributed by atoms with Crippen LogP contribution < -0.4 is 11.5 Å². The molecule has 2 fully saturated rings. The summed E-state index contributed by atoms with van der Waals surface area (Å²) in [7, 11) is -0.563. The predicted molar refractivity (Wildman–Crippen MR) is 82.7 cm³/mol. The van der Waals surface area contributed by atoms with Crippen LogP contribution in [-0.2, 0) is 18.9 Å². The minimum atomic E-state index is -1.16. The standard InChI is InChI=1S/C14H26BN3O4/c1-9(2)21-15-6-4-5-11-7-18(12(19)10(3)16)8-14(11,17)13(20)22-15/h9-11H,4-8,16-17H2,1-3H3. The minimum Gasteiger partial charge on any atom is -0.508 e. The summed E-state index contributed by atoms with van der Waals surface area (Å²) in [5.41, 5.74) is 10.8. The third kappa shape index (κ3) is 3.44. The SMILES string of the molecule is CC(C)OB1CCCC2CN(C(=O)C(C)N)CC2(N)C(=O)O1. The van der Waals surface area contributed by atoms with Gasteiger partial charge in [0.2, 0.25) is 5.91 Å². The largest absolute Gasteiger partial charge is 0.527 e. The molecule has 2 aliphatic rings. The lowest BCUT2D eigenvalue weighted by atomic mass is 9.74. The number of likely N-dealkylation sites (tertiary alicyclic amines) is 1. The van der Waals surface area contributed by atoms with Gasteiger partial charge in [0.1, 0.15) is 5.54 Å². The van der Waals surface area contributed by atoms with Gasteiger partial charge in [-0.2, -0.15) is 0 Å². The van der Waals surface area contributed by atoms with E-state index in [2.05, 4.69) is 0 Å². The van der Waals surface area contributed by atoms with Crippen molar-refractivity contribution in [3.63, 3.8) is 0 Å². The number of rotatable bonds is 3. The van der Waals surface area contributed by atoms with Crippen LogP contribution in [-0.4, -0.2) is 54.7 Å². The van der Waals surface area contributed by atoms with Gasteiger partial charge in [0, 0.05) is 25.1 Å². The van der Waals surface area contributed by atoms with Crippen LogP contribution in [0.2, 0.25) is 6.32 Å². The fourth-order valence-electron chi connectivity index (χ4n) is 3.19. The second-order valence-corrected chi connectivity index (χ2v) is 6.70. The number of amides is 1. The van der Waals surface area contributed by atoms with Crippen LogP contribution in [0.3, 0.4) is 0 Å². The van der Waals surface area contributed by atoms with Crippen LogP contribution in [0.15, 0.2) is 0 Å². The molecule has 0 saturated carbocycles. The van der Waals surface area contributed by atoms with Crippen molar-refractivity contribution in [3.8, 4) is 0 Å². The molecular formula is C14H26BN3O4. The van der Waals surface area contributed by atoms with Gasteiger partial charge in [0.25, 0.3) is 0 Å². The van der Waals surface area contributed by atoms with E-state index in [1.165, 1.54) is 0 Å². The van der Waals surface area contributed by atoms with Gasteiger partial charge < -0.3 is 25.7 Å². The van der Waals surface area contributed by atoms with Crippen molar-refractivity contribution in [1.29, 1.82) is 0 Å². The van der Waals surface area contributed by atoms with Gasteiger partial charge in [-0.05, 0) is 33.5 Å². The van der Waals surface area contributed by atoms with Gasteiger partial charge in [-0.3, -0.25) is 9.59 Å². The summed E-state index contributed by atoms with van der Waals surface area (Å²) in [6, 6.07) is -0.596. The molecule has 0 spiro atoms. The summed E-state index contributed by atoms with van der Waals surface area (Å²) in [4.78, 5) is 26.2. The highest BCUT2D eigenvalue weighted by molar-refractivity contribution is 6.47. The lowest BCUT2D eigenvalue weighted by Gasteiger charge is -2.32. The lowest BCUT2D eigenvalue weighted by molar-refractivity contribution is -0.144. The number of hydrogen-bond donors (Lipinski definition) is 2. The molecule has 3 atom stereocenters. The molecule has 2 saturated heterocycles. The maximum atomic E-state index is 12.5. The van der Waals surface area contributed by atoms with E-state index in [0.717, 1.165) is 12.8 Å². The van der Waals surface area contributed by atoms with E-state index >= 15 is 0 Å². The van der Waals surface area contributed by atoms with Crippen molar-refractivity contribution in [2.75, 3.05) is 13.1 Å². The Bertz CT molecular complexity index is 446. The molecular weight excluding hydrogens is 285 g/mol. The first-order valence-electron chi connectivity index (χ1n) is 7.94. The summed E-state index contributed by atoms with van der Waals surface area (Å²) in [6.07, 6.45) is 2.24. The number of fused-ring (bicyclic) bond motifs is 1. The van der Waals surface area contributed by atoms with Gasteiger partial charge >= 0.3 is 13.1 Å². The monoisotopic (exact) mass is 311 g/mol. The maximum absolute atomic E-state index is 12.5. The minimum absolute atomic E-state index is 0.0264. The molecule has 0 aromatic carbocycles. The Labute approximate surface area is 131 Å². The van der Waals surface area contributed by atoms with Crippen LogP contribution in [0.5, 0.6) is 0 Å². The Kier molecular flexibility index (Phi) is 5.14. The molecule has 7 nitrogen and oxygen atoms in total. The molecule has 2 heterocycles. The third-order valence-electron chi connectivity index (χ3n) is 4.36. The highest BCUT2D eigenvalue weighted by Gasteiger charge is 2.53. The molecule has 2 aliphatic heterocycles. The zero-order chi connectivity index (χ0) is 16.5. The Balaban J connectivity index is 2.12. The molecule has 8 heteroatoms. The van der Waals surface area contributed by atoms with E-state index in [0.29, 0.717) is 12.9 Å². The second kappa shape index (κ2) is 6.56. The van der Waals surface area contributed by atoms with Crippen molar-refractivity contribution in [2.45, 2.75) is 57.6 Å². The summed E-state index contributed by atoms with van der Waals surface area (Å²) < 4.78 is 11.1. The van der Waals surface area contributed by atoms with E-state index in [1.807, 2.05) is 13.8 Å². The first-order valence-corrected chi connectivity index (χ1v) is 7.94. The summed E-state index contributed by atoms with van der Waals surface area (Å²) in [6.45, 7) is 6.04. The van der Waals surface area contributed by atoms with Crippen molar-refractivity contribution >= 4 is 19.0 Å². The van der Waals surface area contributed by atoms with Crippen molar-refractivity contribution in [1.82, 2.24) is 4.90 Å². The molecule has 22 heavy (non-hydrogen) atoms. The fraction of sp³-hybridized carbons (Fsp3) is 0.857. The molecule has 4 N–H and O–H groups in total. The Morgan fingerprint density at radius 1 is 1.50 bits per heavy atom. The molecule has 1 amide bonds. The number of carbonyl (C=O) groups excluding carboxylic acids is 2. The molecule has 124 valence electrons. The molecule has 0 aromatic rings. The lowest BCUT2D eigenvalue weighted by Crippen LogP contribution is -2.58. The topological polar surface area (TPSA) is 108 Å². The summed E-state index contributed by atoms with van der Waals surface area (Å²) in [5.74, 6) is -0.759.